The summed E-state index contributed by atoms with van der Waals surface area (Å²) in [4.78, 5) is 23.0. The van der Waals surface area contributed by atoms with E-state index in [4.69, 9.17) is 5.73 Å². The summed E-state index contributed by atoms with van der Waals surface area (Å²) in [6.45, 7) is 1.85. The monoisotopic (exact) mass is 371 g/mol. The number of urea groups is 1. The molecule has 26 heavy (non-hydrogen) atoms. The lowest BCUT2D eigenvalue weighted by Crippen LogP contribution is -2.49. The van der Waals surface area contributed by atoms with Crippen LogP contribution in [0.15, 0.2) is 12.3 Å². The molecule has 0 aromatic carbocycles. The van der Waals surface area contributed by atoms with E-state index in [2.05, 4.69) is 9.97 Å². The molecule has 0 saturated carbocycles. The minimum absolute atomic E-state index is 0.117. The molecular weight excluding hydrogens is 347 g/mol. The minimum atomic E-state index is -4.47. The molecule has 2 N–H and O–H groups in total. The molecule has 6 nitrogen and oxygen atoms in total. The fraction of sp³-hybridized carbons (Fsp3) is 0.706. The van der Waals surface area contributed by atoms with E-state index in [-0.39, 0.29) is 18.0 Å². The zero-order valence-electron chi connectivity index (χ0n) is 14.6. The molecule has 0 spiro atoms. The Morgan fingerprint density at radius 3 is 2.50 bits per heavy atom. The Kier molecular flexibility index (Phi) is 5.52. The number of hydrogen-bond acceptors (Lipinski definition) is 4. The number of primary amides is 1. The van der Waals surface area contributed by atoms with E-state index >= 15 is 0 Å². The molecule has 0 unspecified atom stereocenters. The molecule has 2 amide bonds. The van der Waals surface area contributed by atoms with Crippen molar-refractivity contribution < 1.29 is 18.0 Å². The average Bonchev–Trinajstić information content (AvgIpc) is 2.87. The van der Waals surface area contributed by atoms with Crippen LogP contribution in [0.2, 0.25) is 0 Å². The van der Waals surface area contributed by atoms with Crippen LogP contribution in [0.3, 0.4) is 0 Å². The summed E-state index contributed by atoms with van der Waals surface area (Å²) in [5.74, 6) is 0.425. The molecule has 0 aliphatic carbocycles. The largest absolute Gasteiger partial charge is 0.433 e. The molecule has 3 rings (SSSR count). The van der Waals surface area contributed by atoms with Gasteiger partial charge in [-0.15, -0.1) is 0 Å². The quantitative estimate of drug-likeness (QED) is 0.867. The van der Waals surface area contributed by atoms with Crippen molar-refractivity contribution in [1.29, 1.82) is 0 Å². The van der Waals surface area contributed by atoms with Crippen LogP contribution in [0.4, 0.5) is 23.9 Å². The third-order valence-electron chi connectivity index (χ3n) is 5.38. The predicted octanol–water partition coefficient (Wildman–Crippen LogP) is 3.04. The van der Waals surface area contributed by atoms with Gasteiger partial charge in [-0.2, -0.15) is 13.2 Å². The van der Waals surface area contributed by atoms with Gasteiger partial charge in [0.2, 0.25) is 5.95 Å². The molecule has 144 valence electrons. The fourth-order valence-corrected chi connectivity index (χ4v) is 4.04. The standard InChI is InChI=1S/C17H24F3N5O/c18-17(19,20)14-5-8-22-16(23-14)24-10-6-12(7-11-24)13-4-2-1-3-9-25(13)15(21)26/h5,8,12-13H,1-4,6-7,9-11H2,(H2,21,26)/t13-/m0/s1. The van der Waals surface area contributed by atoms with Crippen LogP contribution in [0.1, 0.15) is 44.2 Å². The van der Waals surface area contributed by atoms with Crippen molar-refractivity contribution in [2.45, 2.75) is 50.7 Å². The van der Waals surface area contributed by atoms with E-state index in [1.54, 1.807) is 9.80 Å². The van der Waals surface area contributed by atoms with Crippen LogP contribution in [0.25, 0.3) is 0 Å². The van der Waals surface area contributed by atoms with Crippen LogP contribution in [0.5, 0.6) is 0 Å². The summed E-state index contributed by atoms with van der Waals surface area (Å²) in [6, 6.07) is 0.632. The van der Waals surface area contributed by atoms with E-state index in [1.807, 2.05) is 0 Å². The summed E-state index contributed by atoms with van der Waals surface area (Å²) >= 11 is 0. The normalized spacial score (nSPS) is 23.0. The number of nitrogens with two attached hydrogens (primary N) is 1. The predicted molar refractivity (Wildman–Crippen MR) is 90.5 cm³/mol. The van der Waals surface area contributed by atoms with Crippen molar-refractivity contribution in [3.63, 3.8) is 0 Å². The molecular formula is C17H24F3N5O. The van der Waals surface area contributed by atoms with Crippen molar-refractivity contribution in [1.82, 2.24) is 14.9 Å². The number of carbonyl (C=O) groups excluding carboxylic acids is 1. The molecule has 2 fully saturated rings. The van der Waals surface area contributed by atoms with Gasteiger partial charge in [0.25, 0.3) is 0 Å². The van der Waals surface area contributed by atoms with E-state index < -0.39 is 11.9 Å². The second kappa shape index (κ2) is 7.67. The van der Waals surface area contributed by atoms with E-state index in [0.29, 0.717) is 25.6 Å². The number of amides is 2. The van der Waals surface area contributed by atoms with Gasteiger partial charge in [-0.1, -0.05) is 12.8 Å². The maximum atomic E-state index is 12.8. The van der Waals surface area contributed by atoms with Crippen LogP contribution in [0, 0.1) is 5.92 Å². The number of nitrogens with zero attached hydrogens (tertiary/aromatic N) is 4. The van der Waals surface area contributed by atoms with Gasteiger partial charge in [0.05, 0.1) is 0 Å². The molecule has 2 aliphatic rings. The highest BCUT2D eigenvalue weighted by Crippen LogP contribution is 2.32. The highest BCUT2D eigenvalue weighted by molar-refractivity contribution is 5.72. The van der Waals surface area contributed by atoms with Gasteiger partial charge in [-0.25, -0.2) is 14.8 Å². The Morgan fingerprint density at radius 1 is 1.12 bits per heavy atom. The molecule has 1 aromatic heterocycles. The summed E-state index contributed by atoms with van der Waals surface area (Å²) in [6.07, 6.45) is 2.32. The van der Waals surface area contributed by atoms with Gasteiger partial charge in [-0.05, 0) is 37.7 Å². The maximum Gasteiger partial charge on any atom is 0.433 e. The number of carbonyl (C=O) groups is 1. The second-order valence-corrected chi connectivity index (χ2v) is 7.01. The number of likely N-dealkylation sites (tertiary alicyclic amines) is 1. The van der Waals surface area contributed by atoms with Crippen LogP contribution in [-0.2, 0) is 6.18 Å². The van der Waals surface area contributed by atoms with E-state index in [1.165, 1.54) is 0 Å². The van der Waals surface area contributed by atoms with Crippen LogP contribution < -0.4 is 10.6 Å². The van der Waals surface area contributed by atoms with Crippen molar-refractivity contribution >= 4 is 12.0 Å². The molecule has 3 heterocycles. The van der Waals surface area contributed by atoms with Gasteiger partial charge in [-0.3, -0.25) is 0 Å². The number of rotatable bonds is 2. The highest BCUT2D eigenvalue weighted by atomic mass is 19.4. The molecule has 2 aliphatic heterocycles. The van der Waals surface area contributed by atoms with Crippen molar-refractivity contribution in [3.05, 3.63) is 18.0 Å². The van der Waals surface area contributed by atoms with Crippen molar-refractivity contribution in [2.24, 2.45) is 11.7 Å². The Labute approximate surface area is 150 Å². The number of alkyl halides is 3. The topological polar surface area (TPSA) is 75.4 Å². The third kappa shape index (κ3) is 4.19. The molecule has 1 aromatic rings. The lowest BCUT2D eigenvalue weighted by atomic mass is 9.86. The Bertz CT molecular complexity index is 631. The SMILES string of the molecule is NC(=O)N1CCCCC[C@H]1C1CCN(c2nccc(C(F)(F)F)n2)CC1. The van der Waals surface area contributed by atoms with E-state index in [0.717, 1.165) is 50.8 Å². The number of anilines is 1. The first-order valence-corrected chi connectivity index (χ1v) is 9.07. The first kappa shape index (κ1) is 18.7. The summed E-state index contributed by atoms with van der Waals surface area (Å²) < 4.78 is 38.5. The van der Waals surface area contributed by atoms with Crippen LogP contribution in [-0.4, -0.2) is 46.6 Å². The summed E-state index contributed by atoms with van der Waals surface area (Å²) in [7, 11) is 0. The summed E-state index contributed by atoms with van der Waals surface area (Å²) in [5, 5.41) is 0. The average molecular weight is 371 g/mol. The summed E-state index contributed by atoms with van der Waals surface area (Å²) in [5.41, 5.74) is 4.64. The number of halogens is 3. The van der Waals surface area contributed by atoms with Gasteiger partial charge < -0.3 is 15.5 Å². The Morgan fingerprint density at radius 2 is 1.85 bits per heavy atom. The smallest absolute Gasteiger partial charge is 0.351 e. The molecule has 1 atom stereocenters. The molecule has 9 heteroatoms. The number of aromatic nitrogens is 2. The molecule has 0 radical (unpaired) electrons. The number of hydrogen-bond donors (Lipinski definition) is 1. The van der Waals surface area contributed by atoms with E-state index in [9.17, 15) is 18.0 Å². The first-order valence-electron chi connectivity index (χ1n) is 9.07. The maximum absolute atomic E-state index is 12.8. The number of piperidine rings is 1. The van der Waals surface area contributed by atoms with Crippen molar-refractivity contribution in [2.75, 3.05) is 24.5 Å². The Hall–Kier alpha value is -2.06. The van der Waals surface area contributed by atoms with Crippen molar-refractivity contribution in [3.8, 4) is 0 Å². The van der Waals surface area contributed by atoms with Gasteiger partial charge >= 0.3 is 12.2 Å². The van der Waals surface area contributed by atoms with Gasteiger partial charge in [0.1, 0.15) is 5.69 Å². The fourth-order valence-electron chi connectivity index (χ4n) is 4.04. The zero-order valence-corrected chi connectivity index (χ0v) is 14.6. The van der Waals surface area contributed by atoms with Crippen LogP contribution >= 0.6 is 0 Å². The first-order chi connectivity index (χ1) is 12.4. The molecule has 0 bridgehead atoms. The highest BCUT2D eigenvalue weighted by Gasteiger charge is 2.35. The zero-order chi connectivity index (χ0) is 18.7. The molecule has 2 saturated heterocycles. The minimum Gasteiger partial charge on any atom is -0.351 e. The Balaban J connectivity index is 1.66. The lowest BCUT2D eigenvalue weighted by molar-refractivity contribution is -0.141. The lowest BCUT2D eigenvalue weighted by Gasteiger charge is -2.40. The second-order valence-electron chi connectivity index (χ2n) is 7.01. The van der Waals surface area contributed by atoms with Gasteiger partial charge in [0, 0.05) is 31.9 Å². The third-order valence-corrected chi connectivity index (χ3v) is 5.38. The van der Waals surface area contributed by atoms with Gasteiger partial charge in [0.15, 0.2) is 0 Å².